The molecule has 1 N–H and O–H groups in total. The van der Waals surface area contributed by atoms with Gasteiger partial charge in [-0.05, 0) is 31.4 Å². The Bertz CT molecular complexity index is 670. The molecule has 1 atom stereocenters. The van der Waals surface area contributed by atoms with Crippen LogP contribution in [0.15, 0.2) is 42.7 Å². The normalized spacial score (nSPS) is 12.7. The van der Waals surface area contributed by atoms with Gasteiger partial charge in [-0.1, -0.05) is 18.2 Å². The third kappa shape index (κ3) is 2.86. The van der Waals surface area contributed by atoms with Crippen LogP contribution in [0.3, 0.4) is 0 Å². The Morgan fingerprint density at radius 2 is 2.05 bits per heavy atom. The largest absolute Gasteiger partial charge is 0.304 e. The highest BCUT2D eigenvalue weighted by Crippen LogP contribution is 2.29. The molecule has 4 heteroatoms. The first-order chi connectivity index (χ1) is 9.72. The van der Waals surface area contributed by atoms with Crippen molar-refractivity contribution in [1.82, 2.24) is 15.3 Å². The Labute approximate surface area is 122 Å². The summed E-state index contributed by atoms with van der Waals surface area (Å²) in [4.78, 5) is 9.98. The lowest BCUT2D eigenvalue weighted by Crippen LogP contribution is -2.18. The lowest BCUT2D eigenvalue weighted by Gasteiger charge is -2.11. The zero-order valence-electron chi connectivity index (χ0n) is 11.6. The summed E-state index contributed by atoms with van der Waals surface area (Å²) in [6.07, 6.45) is 3.64. The van der Waals surface area contributed by atoms with Gasteiger partial charge in [0.2, 0.25) is 0 Å². The van der Waals surface area contributed by atoms with E-state index in [-0.39, 0.29) is 0 Å². The molecule has 1 unspecified atom stereocenters. The van der Waals surface area contributed by atoms with Gasteiger partial charge >= 0.3 is 0 Å². The van der Waals surface area contributed by atoms with Crippen LogP contribution in [0.2, 0.25) is 0 Å². The highest BCUT2D eigenvalue weighted by molar-refractivity contribution is 7.19. The van der Waals surface area contributed by atoms with E-state index in [1.165, 1.54) is 15.0 Å². The van der Waals surface area contributed by atoms with E-state index in [2.05, 4.69) is 52.5 Å². The van der Waals surface area contributed by atoms with Crippen LogP contribution in [0.1, 0.15) is 29.2 Å². The van der Waals surface area contributed by atoms with E-state index in [0.29, 0.717) is 6.04 Å². The van der Waals surface area contributed by atoms with Crippen molar-refractivity contribution in [2.24, 2.45) is 0 Å². The summed E-state index contributed by atoms with van der Waals surface area (Å²) in [5, 5.41) is 4.82. The highest BCUT2D eigenvalue weighted by Gasteiger charge is 2.09. The summed E-state index contributed by atoms with van der Waals surface area (Å²) in [7, 11) is 0. The van der Waals surface area contributed by atoms with Crippen molar-refractivity contribution in [3.8, 4) is 0 Å². The molecule has 0 amide bonds. The van der Waals surface area contributed by atoms with Crippen LogP contribution in [0, 0.1) is 6.92 Å². The SMILES string of the molecule is Cc1cnc(CNC(C)c2cc3ccccc3s2)cn1. The Morgan fingerprint density at radius 3 is 2.80 bits per heavy atom. The number of rotatable bonds is 4. The van der Waals surface area contributed by atoms with Crippen LogP contribution >= 0.6 is 11.3 Å². The number of aryl methyl sites for hydroxylation is 1. The molecular weight excluding hydrogens is 266 g/mol. The molecule has 1 aromatic carbocycles. The van der Waals surface area contributed by atoms with Gasteiger partial charge in [0.05, 0.1) is 11.4 Å². The van der Waals surface area contributed by atoms with Crippen LogP contribution in [0.25, 0.3) is 10.1 Å². The first-order valence-electron chi connectivity index (χ1n) is 6.72. The maximum Gasteiger partial charge on any atom is 0.0724 e. The number of fused-ring (bicyclic) bond motifs is 1. The topological polar surface area (TPSA) is 37.8 Å². The van der Waals surface area contributed by atoms with Crippen molar-refractivity contribution < 1.29 is 0 Å². The zero-order chi connectivity index (χ0) is 13.9. The minimum Gasteiger partial charge on any atom is -0.304 e. The van der Waals surface area contributed by atoms with Gasteiger partial charge in [-0.25, -0.2) is 0 Å². The fourth-order valence-electron chi connectivity index (χ4n) is 2.08. The van der Waals surface area contributed by atoms with Crippen LogP contribution in [-0.2, 0) is 6.54 Å². The summed E-state index contributed by atoms with van der Waals surface area (Å²) in [5.74, 6) is 0. The maximum atomic E-state index is 4.37. The van der Waals surface area contributed by atoms with Crippen molar-refractivity contribution in [3.05, 3.63) is 59.0 Å². The average molecular weight is 283 g/mol. The second-order valence-electron chi connectivity index (χ2n) is 4.94. The summed E-state index contributed by atoms with van der Waals surface area (Å²) >= 11 is 1.84. The molecular formula is C16H17N3S. The number of nitrogens with one attached hydrogen (secondary N) is 1. The molecule has 0 saturated heterocycles. The van der Waals surface area contributed by atoms with Gasteiger partial charge < -0.3 is 5.32 Å². The molecule has 2 aromatic heterocycles. The molecule has 0 saturated carbocycles. The minimum atomic E-state index is 0.315. The lowest BCUT2D eigenvalue weighted by molar-refractivity contribution is 0.574. The van der Waals surface area contributed by atoms with Crippen LogP contribution in [0.4, 0.5) is 0 Å². The van der Waals surface area contributed by atoms with Crippen molar-refractivity contribution in [1.29, 1.82) is 0 Å². The van der Waals surface area contributed by atoms with Gasteiger partial charge in [0.25, 0.3) is 0 Å². The van der Waals surface area contributed by atoms with E-state index in [9.17, 15) is 0 Å². The molecule has 3 rings (SSSR count). The van der Waals surface area contributed by atoms with E-state index in [1.54, 1.807) is 6.20 Å². The third-order valence-electron chi connectivity index (χ3n) is 3.30. The molecule has 2 heterocycles. The van der Waals surface area contributed by atoms with E-state index in [1.807, 2.05) is 24.5 Å². The molecule has 0 spiro atoms. The number of thiophene rings is 1. The van der Waals surface area contributed by atoms with E-state index in [4.69, 9.17) is 0 Å². The summed E-state index contributed by atoms with van der Waals surface area (Å²) in [6, 6.07) is 11.1. The third-order valence-corrected chi connectivity index (χ3v) is 4.59. The van der Waals surface area contributed by atoms with Crippen molar-refractivity contribution in [2.75, 3.05) is 0 Å². The van der Waals surface area contributed by atoms with Gasteiger partial charge in [-0.2, -0.15) is 0 Å². The second-order valence-corrected chi connectivity index (χ2v) is 6.05. The average Bonchev–Trinajstić information content (AvgIpc) is 2.90. The fraction of sp³-hybridized carbons (Fsp3) is 0.250. The minimum absolute atomic E-state index is 0.315. The number of hydrogen-bond donors (Lipinski definition) is 1. The van der Waals surface area contributed by atoms with Crippen LogP contribution < -0.4 is 5.32 Å². The Hall–Kier alpha value is -1.78. The second kappa shape index (κ2) is 5.69. The summed E-state index contributed by atoms with van der Waals surface area (Å²) < 4.78 is 1.34. The highest BCUT2D eigenvalue weighted by atomic mass is 32.1. The number of aromatic nitrogens is 2. The molecule has 0 bridgehead atoms. The molecule has 0 aliphatic heterocycles. The quantitative estimate of drug-likeness (QED) is 0.790. The van der Waals surface area contributed by atoms with E-state index in [0.717, 1.165) is 17.9 Å². The molecule has 3 aromatic rings. The zero-order valence-corrected chi connectivity index (χ0v) is 12.4. The summed E-state index contributed by atoms with van der Waals surface area (Å²) in [6.45, 7) is 4.87. The monoisotopic (exact) mass is 283 g/mol. The predicted molar refractivity (Wildman–Crippen MR) is 83.8 cm³/mol. The maximum absolute atomic E-state index is 4.37. The van der Waals surface area contributed by atoms with E-state index < -0.39 is 0 Å². The predicted octanol–water partition coefficient (Wildman–Crippen LogP) is 3.85. The molecule has 20 heavy (non-hydrogen) atoms. The first-order valence-corrected chi connectivity index (χ1v) is 7.53. The Kier molecular flexibility index (Phi) is 3.76. The van der Waals surface area contributed by atoms with E-state index >= 15 is 0 Å². The lowest BCUT2D eigenvalue weighted by atomic mass is 10.2. The number of hydrogen-bond acceptors (Lipinski definition) is 4. The first kappa shape index (κ1) is 13.2. The van der Waals surface area contributed by atoms with Crippen molar-refractivity contribution in [2.45, 2.75) is 26.4 Å². The van der Waals surface area contributed by atoms with Crippen molar-refractivity contribution in [3.63, 3.8) is 0 Å². The molecule has 0 aliphatic rings. The van der Waals surface area contributed by atoms with Crippen LogP contribution in [-0.4, -0.2) is 9.97 Å². The van der Waals surface area contributed by atoms with Gasteiger partial charge in [-0.3, -0.25) is 9.97 Å². The molecule has 0 radical (unpaired) electrons. The molecule has 102 valence electrons. The van der Waals surface area contributed by atoms with Gasteiger partial charge in [-0.15, -0.1) is 11.3 Å². The smallest absolute Gasteiger partial charge is 0.0724 e. The van der Waals surface area contributed by atoms with Gasteiger partial charge in [0.15, 0.2) is 0 Å². The standard InChI is InChI=1S/C16H17N3S/c1-11-8-19-14(9-17-11)10-18-12(2)16-7-13-5-3-4-6-15(13)20-16/h3-9,12,18H,10H2,1-2H3. The Morgan fingerprint density at radius 1 is 1.20 bits per heavy atom. The molecule has 0 aliphatic carbocycles. The van der Waals surface area contributed by atoms with Crippen LogP contribution in [0.5, 0.6) is 0 Å². The fourth-order valence-corrected chi connectivity index (χ4v) is 3.18. The molecule has 3 nitrogen and oxygen atoms in total. The number of nitrogens with zero attached hydrogens (tertiary/aromatic N) is 2. The Balaban J connectivity index is 1.69. The summed E-state index contributed by atoms with van der Waals surface area (Å²) in [5.41, 5.74) is 1.93. The molecule has 0 fully saturated rings. The number of benzene rings is 1. The van der Waals surface area contributed by atoms with Crippen molar-refractivity contribution >= 4 is 21.4 Å². The van der Waals surface area contributed by atoms with Gasteiger partial charge in [0, 0.05) is 34.6 Å². The van der Waals surface area contributed by atoms with Gasteiger partial charge in [0.1, 0.15) is 0 Å².